The van der Waals surface area contributed by atoms with Gasteiger partial charge < -0.3 is 0 Å². The fraction of sp³-hybridized carbons (Fsp3) is 0.786. The van der Waals surface area contributed by atoms with Crippen molar-refractivity contribution in [3.8, 4) is 0 Å². The number of rotatable bonds is 5. The van der Waals surface area contributed by atoms with E-state index >= 15 is 0 Å². The average Bonchev–Trinajstić information content (AvgIpc) is 3.04. The van der Waals surface area contributed by atoms with E-state index in [1.807, 2.05) is 0 Å². The van der Waals surface area contributed by atoms with E-state index in [4.69, 9.17) is 0 Å². The fourth-order valence-electron chi connectivity index (χ4n) is 2.30. The largest absolute Gasteiger partial charge is 0.229 e. The Balaban J connectivity index is 1.85. The maximum Gasteiger partial charge on any atom is 0.211 e. The fourth-order valence-corrected chi connectivity index (χ4v) is 2.30. The molecule has 1 heterocycles. The van der Waals surface area contributed by atoms with Crippen molar-refractivity contribution in [2.75, 3.05) is 0 Å². The first-order valence-electron chi connectivity index (χ1n) is 6.61. The van der Waals surface area contributed by atoms with Gasteiger partial charge in [0.2, 0.25) is 5.95 Å². The second-order valence-electron chi connectivity index (χ2n) is 5.49. The second-order valence-corrected chi connectivity index (χ2v) is 5.49. The summed E-state index contributed by atoms with van der Waals surface area (Å²) >= 11 is 0. The van der Waals surface area contributed by atoms with Gasteiger partial charge in [-0.15, -0.1) is 0 Å². The highest BCUT2D eigenvalue weighted by atomic mass is 19.1. The predicted octanol–water partition coefficient (Wildman–Crippen LogP) is 4.64. The Hall–Kier alpha value is -0.660. The van der Waals surface area contributed by atoms with Crippen LogP contribution in [0.25, 0.3) is 0 Å². The van der Waals surface area contributed by atoms with Gasteiger partial charge in [-0.3, -0.25) is 0 Å². The SMILES string of the molecule is CC(C)C1=NC(F)=C(CCCC2CC2)CC1. The van der Waals surface area contributed by atoms with Crippen molar-refractivity contribution in [1.29, 1.82) is 0 Å². The molecule has 0 aromatic heterocycles. The van der Waals surface area contributed by atoms with Gasteiger partial charge in [0.15, 0.2) is 0 Å². The lowest BCUT2D eigenvalue weighted by molar-refractivity contribution is 0.565. The molecule has 1 aliphatic heterocycles. The zero-order chi connectivity index (χ0) is 11.5. The standard InChI is InChI=1S/C14H22FN/c1-10(2)13-9-8-12(14(15)16-13)5-3-4-11-6-7-11/h10-11H,3-9H2,1-2H3. The third kappa shape index (κ3) is 3.16. The summed E-state index contributed by atoms with van der Waals surface area (Å²) in [5.74, 6) is 1.17. The zero-order valence-corrected chi connectivity index (χ0v) is 10.4. The van der Waals surface area contributed by atoms with E-state index in [0.29, 0.717) is 5.92 Å². The van der Waals surface area contributed by atoms with Crippen molar-refractivity contribution in [1.82, 2.24) is 0 Å². The third-order valence-corrected chi connectivity index (χ3v) is 3.67. The van der Waals surface area contributed by atoms with Crippen molar-refractivity contribution in [2.24, 2.45) is 16.8 Å². The molecule has 2 rings (SSSR count). The van der Waals surface area contributed by atoms with Crippen molar-refractivity contribution in [3.05, 3.63) is 11.5 Å². The highest BCUT2D eigenvalue weighted by Crippen LogP contribution is 2.35. The molecule has 1 nitrogen and oxygen atoms in total. The van der Waals surface area contributed by atoms with E-state index in [2.05, 4.69) is 18.8 Å². The summed E-state index contributed by atoms with van der Waals surface area (Å²) < 4.78 is 13.7. The number of halogens is 1. The molecule has 0 N–H and O–H groups in total. The molecule has 0 saturated heterocycles. The Kier molecular flexibility index (Phi) is 3.78. The number of hydrogen-bond acceptors (Lipinski definition) is 1. The Morgan fingerprint density at radius 1 is 1.31 bits per heavy atom. The molecule has 0 atom stereocenters. The molecule has 16 heavy (non-hydrogen) atoms. The lowest BCUT2D eigenvalue weighted by Crippen LogP contribution is -2.12. The summed E-state index contributed by atoms with van der Waals surface area (Å²) in [7, 11) is 0. The summed E-state index contributed by atoms with van der Waals surface area (Å²) in [5.41, 5.74) is 1.99. The van der Waals surface area contributed by atoms with Crippen LogP contribution in [0.5, 0.6) is 0 Å². The van der Waals surface area contributed by atoms with Crippen LogP contribution in [0.4, 0.5) is 4.39 Å². The summed E-state index contributed by atoms with van der Waals surface area (Å²) in [6, 6.07) is 0. The first-order chi connectivity index (χ1) is 7.66. The lowest BCUT2D eigenvalue weighted by atomic mass is 9.95. The first kappa shape index (κ1) is 11.8. The van der Waals surface area contributed by atoms with Gasteiger partial charge in [0.25, 0.3) is 0 Å². The van der Waals surface area contributed by atoms with Crippen molar-refractivity contribution in [2.45, 2.75) is 58.8 Å². The molecule has 2 heteroatoms. The monoisotopic (exact) mass is 223 g/mol. The smallest absolute Gasteiger partial charge is 0.211 e. The third-order valence-electron chi connectivity index (χ3n) is 3.67. The van der Waals surface area contributed by atoms with Gasteiger partial charge in [0.1, 0.15) is 0 Å². The summed E-state index contributed by atoms with van der Waals surface area (Å²) in [4.78, 5) is 4.11. The van der Waals surface area contributed by atoms with E-state index < -0.39 is 0 Å². The average molecular weight is 223 g/mol. The highest BCUT2D eigenvalue weighted by Gasteiger charge is 2.21. The molecular formula is C14H22FN. The van der Waals surface area contributed by atoms with Crippen molar-refractivity contribution in [3.63, 3.8) is 0 Å². The minimum Gasteiger partial charge on any atom is -0.229 e. The molecule has 1 aliphatic carbocycles. The zero-order valence-electron chi connectivity index (χ0n) is 10.4. The molecule has 0 bridgehead atoms. The van der Waals surface area contributed by atoms with Gasteiger partial charge in [0, 0.05) is 5.71 Å². The minimum atomic E-state index is -0.175. The van der Waals surface area contributed by atoms with Crippen LogP contribution < -0.4 is 0 Å². The van der Waals surface area contributed by atoms with Gasteiger partial charge in [-0.1, -0.05) is 33.1 Å². The minimum absolute atomic E-state index is 0.175. The molecule has 0 radical (unpaired) electrons. The molecule has 0 aromatic rings. The number of aliphatic imine (C=N–C) groups is 1. The van der Waals surface area contributed by atoms with E-state index in [1.54, 1.807) is 0 Å². The molecule has 1 saturated carbocycles. The molecule has 0 spiro atoms. The maximum absolute atomic E-state index is 13.7. The molecular weight excluding hydrogens is 201 g/mol. The molecule has 1 fully saturated rings. The highest BCUT2D eigenvalue weighted by molar-refractivity contribution is 5.88. The van der Waals surface area contributed by atoms with Crippen LogP contribution in [0.2, 0.25) is 0 Å². The normalized spacial score (nSPS) is 21.6. The summed E-state index contributed by atoms with van der Waals surface area (Å²) in [6.45, 7) is 4.18. The first-order valence-corrected chi connectivity index (χ1v) is 6.61. The van der Waals surface area contributed by atoms with Gasteiger partial charge in [-0.05, 0) is 43.1 Å². The quantitative estimate of drug-likeness (QED) is 0.602. The van der Waals surface area contributed by atoms with Crippen LogP contribution >= 0.6 is 0 Å². The summed E-state index contributed by atoms with van der Waals surface area (Å²) in [6.07, 6.45) is 8.03. The van der Waals surface area contributed by atoms with Gasteiger partial charge in [-0.25, -0.2) is 4.99 Å². The molecule has 90 valence electrons. The Morgan fingerprint density at radius 2 is 2.06 bits per heavy atom. The molecule has 0 amide bonds. The number of hydrogen-bond donors (Lipinski definition) is 0. The second kappa shape index (κ2) is 5.11. The van der Waals surface area contributed by atoms with Gasteiger partial charge >= 0.3 is 0 Å². The topological polar surface area (TPSA) is 12.4 Å². The van der Waals surface area contributed by atoms with Crippen LogP contribution in [-0.2, 0) is 0 Å². The number of allylic oxidation sites excluding steroid dienone is 1. The van der Waals surface area contributed by atoms with E-state index in [9.17, 15) is 4.39 Å². The molecule has 2 aliphatic rings. The molecule has 0 aromatic carbocycles. The van der Waals surface area contributed by atoms with E-state index in [1.165, 1.54) is 19.3 Å². The van der Waals surface area contributed by atoms with Crippen LogP contribution in [0.15, 0.2) is 16.5 Å². The Labute approximate surface area is 97.8 Å². The van der Waals surface area contributed by atoms with Crippen molar-refractivity contribution >= 4 is 5.71 Å². The van der Waals surface area contributed by atoms with Crippen LogP contribution in [-0.4, -0.2) is 5.71 Å². The molecule has 0 unspecified atom stereocenters. The van der Waals surface area contributed by atoms with Crippen LogP contribution in [0.3, 0.4) is 0 Å². The Morgan fingerprint density at radius 3 is 2.62 bits per heavy atom. The Bertz CT molecular complexity index is 311. The summed E-state index contributed by atoms with van der Waals surface area (Å²) in [5, 5.41) is 0. The predicted molar refractivity (Wildman–Crippen MR) is 66.2 cm³/mol. The lowest BCUT2D eigenvalue weighted by Gasteiger charge is -2.17. The van der Waals surface area contributed by atoms with Gasteiger partial charge in [-0.2, -0.15) is 4.39 Å². The maximum atomic E-state index is 13.7. The number of nitrogens with zero attached hydrogens (tertiary/aromatic N) is 1. The van der Waals surface area contributed by atoms with Crippen molar-refractivity contribution < 1.29 is 4.39 Å². The van der Waals surface area contributed by atoms with Gasteiger partial charge in [0.05, 0.1) is 0 Å². The van der Waals surface area contributed by atoms with E-state index in [0.717, 1.165) is 42.9 Å². The van der Waals surface area contributed by atoms with Crippen LogP contribution in [0, 0.1) is 11.8 Å². The van der Waals surface area contributed by atoms with Crippen LogP contribution in [0.1, 0.15) is 58.8 Å². The van der Waals surface area contributed by atoms with E-state index in [-0.39, 0.29) is 5.95 Å².